The minimum atomic E-state index is 0.223. The van der Waals surface area contributed by atoms with Gasteiger partial charge in [-0.2, -0.15) is 0 Å². The Morgan fingerprint density at radius 1 is 1.50 bits per heavy atom. The smallest absolute Gasteiger partial charge is 0.0462 e. The van der Waals surface area contributed by atoms with E-state index in [2.05, 4.69) is 23.3 Å². The van der Waals surface area contributed by atoms with Crippen LogP contribution in [0.5, 0.6) is 0 Å². The Morgan fingerprint density at radius 2 is 2.39 bits per heavy atom. The van der Waals surface area contributed by atoms with Gasteiger partial charge in [0.05, 0.1) is 0 Å². The number of nitrogens with one attached hydrogen (secondary N) is 1. The predicted octanol–water partition coefficient (Wildman–Crippen LogP) is 2.48. The van der Waals surface area contributed by atoms with Crippen LogP contribution in [0.1, 0.15) is 42.9 Å². The minimum Gasteiger partial charge on any atom is -0.329 e. The zero-order valence-corrected chi connectivity index (χ0v) is 11.2. The van der Waals surface area contributed by atoms with Crippen LogP contribution in [-0.4, -0.2) is 18.1 Å². The second kappa shape index (κ2) is 6.66. The Kier molecular flexibility index (Phi) is 4.90. The van der Waals surface area contributed by atoms with E-state index in [9.17, 15) is 0 Å². The van der Waals surface area contributed by atoms with Crippen LogP contribution >= 0.6 is 0 Å². The molecule has 0 fully saturated rings. The van der Waals surface area contributed by atoms with Crippen molar-refractivity contribution < 1.29 is 0 Å². The van der Waals surface area contributed by atoms with Crippen molar-refractivity contribution in [2.45, 2.75) is 38.6 Å². The number of aryl methyl sites for hydroxylation is 1. The standard InChI is InChI=1S/C15H23N3/c1-12-6-8-17-11-14(12)15(10-16)18-9-7-13-4-2-3-5-13/h4,6,8,11,15,18H,2-3,5,7,9-10,16H2,1H3. The summed E-state index contributed by atoms with van der Waals surface area (Å²) in [7, 11) is 0. The molecule has 1 heterocycles. The highest BCUT2D eigenvalue weighted by atomic mass is 14.9. The van der Waals surface area contributed by atoms with Crippen molar-refractivity contribution in [3.63, 3.8) is 0 Å². The lowest BCUT2D eigenvalue weighted by Gasteiger charge is -2.19. The summed E-state index contributed by atoms with van der Waals surface area (Å²) in [6.07, 6.45) is 11.2. The van der Waals surface area contributed by atoms with Gasteiger partial charge in [0.15, 0.2) is 0 Å². The van der Waals surface area contributed by atoms with Crippen molar-refractivity contribution in [1.82, 2.24) is 10.3 Å². The molecule has 0 saturated heterocycles. The molecule has 1 atom stereocenters. The number of hydrogen-bond acceptors (Lipinski definition) is 3. The van der Waals surface area contributed by atoms with E-state index in [-0.39, 0.29) is 6.04 Å². The van der Waals surface area contributed by atoms with E-state index in [0.29, 0.717) is 6.54 Å². The van der Waals surface area contributed by atoms with Gasteiger partial charge in [0.1, 0.15) is 0 Å². The average Bonchev–Trinajstić information content (AvgIpc) is 2.89. The van der Waals surface area contributed by atoms with Gasteiger partial charge in [0.25, 0.3) is 0 Å². The number of aromatic nitrogens is 1. The van der Waals surface area contributed by atoms with Gasteiger partial charge in [-0.25, -0.2) is 0 Å². The van der Waals surface area contributed by atoms with Crippen molar-refractivity contribution in [2.75, 3.05) is 13.1 Å². The van der Waals surface area contributed by atoms with E-state index in [1.54, 1.807) is 5.57 Å². The Labute approximate surface area is 109 Å². The number of allylic oxidation sites excluding steroid dienone is 1. The zero-order chi connectivity index (χ0) is 12.8. The van der Waals surface area contributed by atoms with Gasteiger partial charge in [-0.1, -0.05) is 11.6 Å². The lowest BCUT2D eigenvalue weighted by Crippen LogP contribution is -2.29. The number of nitrogens with zero attached hydrogens (tertiary/aromatic N) is 1. The molecule has 3 N–H and O–H groups in total. The fraction of sp³-hybridized carbons (Fsp3) is 0.533. The van der Waals surface area contributed by atoms with Crippen molar-refractivity contribution in [3.05, 3.63) is 41.2 Å². The third-order valence-corrected chi connectivity index (χ3v) is 3.66. The highest BCUT2D eigenvalue weighted by molar-refractivity contribution is 5.25. The molecule has 3 nitrogen and oxygen atoms in total. The highest BCUT2D eigenvalue weighted by Gasteiger charge is 2.12. The molecule has 0 saturated carbocycles. The van der Waals surface area contributed by atoms with Gasteiger partial charge in [0, 0.05) is 25.0 Å². The lowest BCUT2D eigenvalue weighted by atomic mass is 10.0. The van der Waals surface area contributed by atoms with Gasteiger partial charge in [0.2, 0.25) is 0 Å². The molecule has 98 valence electrons. The van der Waals surface area contributed by atoms with E-state index in [1.807, 2.05) is 18.5 Å². The van der Waals surface area contributed by atoms with Crippen molar-refractivity contribution in [2.24, 2.45) is 5.73 Å². The molecule has 0 aromatic carbocycles. The average molecular weight is 245 g/mol. The summed E-state index contributed by atoms with van der Waals surface area (Å²) in [6.45, 7) is 3.73. The maximum absolute atomic E-state index is 5.86. The molecule has 1 unspecified atom stereocenters. The first-order valence-electron chi connectivity index (χ1n) is 6.83. The topological polar surface area (TPSA) is 50.9 Å². The third kappa shape index (κ3) is 3.40. The number of rotatable bonds is 6. The Morgan fingerprint density at radius 3 is 3.06 bits per heavy atom. The second-order valence-electron chi connectivity index (χ2n) is 4.98. The van der Waals surface area contributed by atoms with E-state index in [0.717, 1.165) is 13.0 Å². The number of pyridine rings is 1. The molecule has 2 rings (SSSR count). The summed E-state index contributed by atoms with van der Waals surface area (Å²) in [5.74, 6) is 0. The monoisotopic (exact) mass is 245 g/mol. The lowest BCUT2D eigenvalue weighted by molar-refractivity contribution is 0.538. The van der Waals surface area contributed by atoms with E-state index in [4.69, 9.17) is 5.73 Å². The first-order chi connectivity index (χ1) is 8.81. The molecule has 18 heavy (non-hydrogen) atoms. The van der Waals surface area contributed by atoms with Crippen molar-refractivity contribution in [3.8, 4) is 0 Å². The van der Waals surface area contributed by atoms with Gasteiger partial charge in [-0.05, 0) is 56.3 Å². The van der Waals surface area contributed by atoms with Crippen LogP contribution in [0.2, 0.25) is 0 Å². The molecule has 0 bridgehead atoms. The van der Waals surface area contributed by atoms with E-state index in [1.165, 1.54) is 30.4 Å². The zero-order valence-electron chi connectivity index (χ0n) is 11.2. The Hall–Kier alpha value is -1.19. The summed E-state index contributed by atoms with van der Waals surface area (Å²) < 4.78 is 0. The highest BCUT2D eigenvalue weighted by Crippen LogP contribution is 2.21. The summed E-state index contributed by atoms with van der Waals surface area (Å²) in [5, 5.41) is 3.55. The molecular formula is C15H23N3. The Balaban J connectivity index is 1.87. The van der Waals surface area contributed by atoms with E-state index >= 15 is 0 Å². The van der Waals surface area contributed by atoms with Crippen LogP contribution in [0.15, 0.2) is 30.1 Å². The molecule has 1 aromatic heterocycles. The molecule has 1 aliphatic rings. The maximum atomic E-state index is 5.86. The summed E-state index contributed by atoms with van der Waals surface area (Å²) in [5.41, 5.74) is 9.94. The summed E-state index contributed by atoms with van der Waals surface area (Å²) in [4.78, 5) is 4.19. The molecule has 0 spiro atoms. The quantitative estimate of drug-likeness (QED) is 0.757. The SMILES string of the molecule is Cc1ccncc1C(CN)NCCC1=CCCC1. The summed E-state index contributed by atoms with van der Waals surface area (Å²) in [6, 6.07) is 2.26. The minimum absolute atomic E-state index is 0.223. The second-order valence-corrected chi connectivity index (χ2v) is 4.98. The van der Waals surface area contributed by atoms with Crippen LogP contribution in [0.3, 0.4) is 0 Å². The Bertz CT molecular complexity index is 412. The summed E-state index contributed by atoms with van der Waals surface area (Å²) >= 11 is 0. The first-order valence-corrected chi connectivity index (χ1v) is 6.83. The van der Waals surface area contributed by atoms with Crippen molar-refractivity contribution in [1.29, 1.82) is 0 Å². The predicted molar refractivity (Wildman–Crippen MR) is 75.3 cm³/mol. The van der Waals surface area contributed by atoms with Crippen LogP contribution in [0.4, 0.5) is 0 Å². The van der Waals surface area contributed by atoms with Crippen LogP contribution in [0.25, 0.3) is 0 Å². The van der Waals surface area contributed by atoms with Crippen LogP contribution in [-0.2, 0) is 0 Å². The molecule has 3 heteroatoms. The van der Waals surface area contributed by atoms with E-state index < -0.39 is 0 Å². The first kappa shape index (κ1) is 13.2. The molecule has 0 amide bonds. The molecule has 1 aliphatic carbocycles. The fourth-order valence-corrected chi connectivity index (χ4v) is 2.53. The number of nitrogens with two attached hydrogens (primary N) is 1. The largest absolute Gasteiger partial charge is 0.329 e. The molecule has 1 aromatic rings. The normalized spacial score (nSPS) is 16.7. The van der Waals surface area contributed by atoms with Crippen LogP contribution in [0, 0.1) is 6.92 Å². The van der Waals surface area contributed by atoms with Gasteiger partial charge in [-0.15, -0.1) is 0 Å². The van der Waals surface area contributed by atoms with Gasteiger partial charge in [-0.3, -0.25) is 4.98 Å². The fourth-order valence-electron chi connectivity index (χ4n) is 2.53. The van der Waals surface area contributed by atoms with Crippen LogP contribution < -0.4 is 11.1 Å². The van der Waals surface area contributed by atoms with Gasteiger partial charge >= 0.3 is 0 Å². The maximum Gasteiger partial charge on any atom is 0.0462 e. The molecule has 0 aliphatic heterocycles. The van der Waals surface area contributed by atoms with Gasteiger partial charge < -0.3 is 11.1 Å². The molecular weight excluding hydrogens is 222 g/mol. The number of hydrogen-bond donors (Lipinski definition) is 2. The third-order valence-electron chi connectivity index (χ3n) is 3.66. The molecule has 0 radical (unpaired) electrons. The van der Waals surface area contributed by atoms with Crippen molar-refractivity contribution >= 4 is 0 Å².